The highest BCUT2D eigenvalue weighted by Gasteiger charge is 2.35. The third-order valence-corrected chi connectivity index (χ3v) is 4.34. The molecule has 0 radical (unpaired) electrons. The molecule has 3 heterocycles. The van der Waals surface area contributed by atoms with Crippen LogP contribution in [0.5, 0.6) is 0 Å². The number of fused-ring (bicyclic) bond motifs is 1. The number of piperidine rings is 1. The molecule has 0 unspecified atom stereocenters. The maximum absolute atomic E-state index is 11.8. The molecule has 2 fully saturated rings. The number of rotatable bonds is 3. The first kappa shape index (κ1) is 14.3. The molecule has 0 aromatic carbocycles. The minimum atomic E-state index is -0.349. The van der Waals surface area contributed by atoms with Gasteiger partial charge >= 0.3 is 5.97 Å². The Morgan fingerprint density at radius 2 is 2.38 bits per heavy atom. The largest absolute Gasteiger partial charge is 0.462 e. The first-order valence-corrected chi connectivity index (χ1v) is 7.68. The average molecular weight is 290 g/mol. The summed E-state index contributed by atoms with van der Waals surface area (Å²) in [4.78, 5) is 22.9. The fourth-order valence-electron chi connectivity index (χ4n) is 3.23. The van der Waals surface area contributed by atoms with Crippen LogP contribution in [0.1, 0.15) is 35.8 Å². The second kappa shape index (κ2) is 5.97. The van der Waals surface area contributed by atoms with E-state index >= 15 is 0 Å². The van der Waals surface area contributed by atoms with E-state index in [9.17, 15) is 4.79 Å². The zero-order valence-corrected chi connectivity index (χ0v) is 12.6. The SMILES string of the molecule is CCOC(=O)c1cnc(N2C[C@@H]3CCCN[C@@H]3C2)nc1C. The molecule has 2 aliphatic rings. The van der Waals surface area contributed by atoms with E-state index in [0.29, 0.717) is 29.8 Å². The van der Waals surface area contributed by atoms with Crippen LogP contribution in [-0.4, -0.2) is 48.2 Å². The van der Waals surface area contributed by atoms with Gasteiger partial charge in [0.15, 0.2) is 0 Å². The topological polar surface area (TPSA) is 67.3 Å². The lowest BCUT2D eigenvalue weighted by Gasteiger charge is -2.24. The molecule has 2 saturated heterocycles. The normalized spacial score (nSPS) is 24.8. The molecule has 0 bridgehead atoms. The Morgan fingerprint density at radius 3 is 3.10 bits per heavy atom. The molecule has 0 amide bonds. The van der Waals surface area contributed by atoms with E-state index in [1.54, 1.807) is 13.1 Å². The van der Waals surface area contributed by atoms with E-state index in [1.165, 1.54) is 12.8 Å². The van der Waals surface area contributed by atoms with Crippen molar-refractivity contribution in [2.75, 3.05) is 31.1 Å². The summed E-state index contributed by atoms with van der Waals surface area (Å²) in [5.74, 6) is 1.06. The monoisotopic (exact) mass is 290 g/mol. The van der Waals surface area contributed by atoms with Gasteiger partial charge in [0.2, 0.25) is 5.95 Å². The molecule has 6 nitrogen and oxygen atoms in total. The zero-order valence-electron chi connectivity index (χ0n) is 12.6. The fraction of sp³-hybridized carbons (Fsp3) is 0.667. The molecule has 6 heteroatoms. The van der Waals surface area contributed by atoms with Crippen molar-refractivity contribution in [1.29, 1.82) is 0 Å². The van der Waals surface area contributed by atoms with Gasteiger partial charge in [-0.1, -0.05) is 0 Å². The fourth-order valence-corrected chi connectivity index (χ4v) is 3.23. The van der Waals surface area contributed by atoms with Gasteiger partial charge in [-0.25, -0.2) is 14.8 Å². The smallest absolute Gasteiger partial charge is 0.341 e. The summed E-state index contributed by atoms with van der Waals surface area (Å²) >= 11 is 0. The van der Waals surface area contributed by atoms with Gasteiger partial charge in [0, 0.05) is 25.3 Å². The summed E-state index contributed by atoms with van der Waals surface area (Å²) in [5, 5.41) is 3.57. The highest BCUT2D eigenvalue weighted by molar-refractivity contribution is 5.90. The summed E-state index contributed by atoms with van der Waals surface area (Å²) in [7, 11) is 0. The van der Waals surface area contributed by atoms with Crippen LogP contribution in [-0.2, 0) is 4.74 Å². The van der Waals surface area contributed by atoms with Gasteiger partial charge in [0.05, 0.1) is 17.9 Å². The van der Waals surface area contributed by atoms with Crippen molar-refractivity contribution in [3.05, 3.63) is 17.5 Å². The minimum Gasteiger partial charge on any atom is -0.462 e. The number of esters is 1. The predicted octanol–water partition coefficient (Wildman–Crippen LogP) is 1.15. The third-order valence-electron chi connectivity index (χ3n) is 4.34. The van der Waals surface area contributed by atoms with Crippen LogP contribution in [0.25, 0.3) is 0 Å². The van der Waals surface area contributed by atoms with Crippen molar-refractivity contribution in [2.24, 2.45) is 5.92 Å². The Kier molecular flexibility index (Phi) is 4.05. The molecule has 0 aliphatic carbocycles. The average Bonchev–Trinajstić information content (AvgIpc) is 2.91. The highest BCUT2D eigenvalue weighted by Crippen LogP contribution is 2.27. The van der Waals surface area contributed by atoms with Crippen molar-refractivity contribution in [3.8, 4) is 0 Å². The van der Waals surface area contributed by atoms with E-state index in [4.69, 9.17) is 4.74 Å². The molecule has 114 valence electrons. The molecule has 2 atom stereocenters. The lowest BCUT2D eigenvalue weighted by molar-refractivity contribution is 0.0524. The van der Waals surface area contributed by atoms with E-state index in [1.807, 2.05) is 6.92 Å². The Balaban J connectivity index is 1.75. The molecule has 1 N–H and O–H groups in total. The van der Waals surface area contributed by atoms with Crippen molar-refractivity contribution in [1.82, 2.24) is 15.3 Å². The maximum Gasteiger partial charge on any atom is 0.341 e. The van der Waals surface area contributed by atoms with Crippen molar-refractivity contribution in [2.45, 2.75) is 32.7 Å². The number of carbonyl (C=O) groups is 1. The second-order valence-corrected chi connectivity index (χ2v) is 5.76. The van der Waals surface area contributed by atoms with E-state index < -0.39 is 0 Å². The van der Waals surface area contributed by atoms with Gasteiger partial charge in [-0.15, -0.1) is 0 Å². The number of nitrogens with one attached hydrogen (secondary N) is 1. The van der Waals surface area contributed by atoms with Crippen LogP contribution < -0.4 is 10.2 Å². The number of hydrogen-bond acceptors (Lipinski definition) is 6. The maximum atomic E-state index is 11.8. The molecule has 3 rings (SSSR count). The van der Waals surface area contributed by atoms with E-state index in [2.05, 4.69) is 20.2 Å². The van der Waals surface area contributed by atoms with Gasteiger partial charge in [-0.3, -0.25) is 0 Å². The molecule has 1 aromatic rings. The quantitative estimate of drug-likeness (QED) is 0.842. The predicted molar refractivity (Wildman–Crippen MR) is 79.5 cm³/mol. The first-order valence-electron chi connectivity index (χ1n) is 7.68. The Hall–Kier alpha value is -1.69. The van der Waals surface area contributed by atoms with Crippen molar-refractivity contribution in [3.63, 3.8) is 0 Å². The van der Waals surface area contributed by atoms with Crippen LogP contribution in [0, 0.1) is 12.8 Å². The van der Waals surface area contributed by atoms with Crippen LogP contribution in [0.15, 0.2) is 6.20 Å². The van der Waals surface area contributed by atoms with Crippen LogP contribution in [0.3, 0.4) is 0 Å². The van der Waals surface area contributed by atoms with E-state index in [-0.39, 0.29) is 5.97 Å². The number of carbonyl (C=O) groups excluding carboxylic acids is 1. The van der Waals surface area contributed by atoms with Crippen molar-refractivity contribution >= 4 is 11.9 Å². The van der Waals surface area contributed by atoms with Gasteiger partial charge < -0.3 is 15.0 Å². The van der Waals surface area contributed by atoms with E-state index in [0.717, 1.165) is 25.6 Å². The van der Waals surface area contributed by atoms with Crippen LogP contribution >= 0.6 is 0 Å². The number of nitrogens with zero attached hydrogens (tertiary/aromatic N) is 3. The molecule has 0 saturated carbocycles. The second-order valence-electron chi connectivity index (χ2n) is 5.76. The Labute approximate surface area is 124 Å². The summed E-state index contributed by atoms with van der Waals surface area (Å²) in [6, 6.07) is 0.549. The first-order chi connectivity index (χ1) is 10.2. The summed E-state index contributed by atoms with van der Waals surface area (Å²) in [5.41, 5.74) is 1.14. The third kappa shape index (κ3) is 2.85. The minimum absolute atomic E-state index is 0.349. The standard InChI is InChI=1S/C15H22N4O2/c1-3-21-14(20)12-7-17-15(18-10(12)2)19-8-11-5-4-6-16-13(11)9-19/h7,11,13,16H,3-6,8-9H2,1-2H3/t11-,13+/m0/s1. The Bertz CT molecular complexity index is 520. The number of anilines is 1. The molecule has 2 aliphatic heterocycles. The van der Waals surface area contributed by atoms with Gasteiger partial charge in [-0.2, -0.15) is 0 Å². The number of ether oxygens (including phenoxy) is 1. The zero-order chi connectivity index (χ0) is 14.8. The van der Waals surface area contributed by atoms with Gasteiger partial charge in [0.25, 0.3) is 0 Å². The molecule has 1 aromatic heterocycles. The Morgan fingerprint density at radius 1 is 1.52 bits per heavy atom. The highest BCUT2D eigenvalue weighted by atomic mass is 16.5. The summed E-state index contributed by atoms with van der Waals surface area (Å²) < 4.78 is 5.01. The molecular formula is C15H22N4O2. The number of hydrogen-bond donors (Lipinski definition) is 1. The lowest BCUT2D eigenvalue weighted by atomic mass is 9.94. The molecule has 0 spiro atoms. The van der Waals surface area contributed by atoms with Gasteiger partial charge in [-0.05, 0) is 39.2 Å². The number of aryl methyl sites for hydroxylation is 1. The summed E-state index contributed by atoms with van der Waals surface area (Å²) in [6.07, 6.45) is 4.11. The molecular weight excluding hydrogens is 268 g/mol. The summed E-state index contributed by atoms with van der Waals surface area (Å²) in [6.45, 7) is 7.04. The molecule has 21 heavy (non-hydrogen) atoms. The van der Waals surface area contributed by atoms with Gasteiger partial charge in [0.1, 0.15) is 0 Å². The number of aromatic nitrogens is 2. The van der Waals surface area contributed by atoms with Crippen molar-refractivity contribution < 1.29 is 9.53 Å². The van der Waals surface area contributed by atoms with Crippen LogP contribution in [0.2, 0.25) is 0 Å². The lowest BCUT2D eigenvalue weighted by Crippen LogP contribution is -2.40. The van der Waals surface area contributed by atoms with Crippen LogP contribution in [0.4, 0.5) is 5.95 Å².